The summed E-state index contributed by atoms with van der Waals surface area (Å²) in [6, 6.07) is 8.16. The summed E-state index contributed by atoms with van der Waals surface area (Å²) in [7, 11) is 1.84. The summed E-state index contributed by atoms with van der Waals surface area (Å²) in [4.78, 5) is 13.4. The maximum absolute atomic E-state index is 11.7. The van der Waals surface area contributed by atoms with Gasteiger partial charge in [0.1, 0.15) is 0 Å². The highest BCUT2D eigenvalue weighted by Crippen LogP contribution is 2.12. The molecule has 1 amide bonds. The molecule has 0 saturated carbocycles. The van der Waals surface area contributed by atoms with Crippen LogP contribution in [-0.4, -0.2) is 30.9 Å². The van der Waals surface area contributed by atoms with Crippen LogP contribution in [0.15, 0.2) is 28.7 Å². The van der Waals surface area contributed by atoms with E-state index in [9.17, 15) is 4.79 Å². The van der Waals surface area contributed by atoms with Gasteiger partial charge >= 0.3 is 0 Å². The average Bonchev–Trinajstić information content (AvgIpc) is 2.33. The molecule has 1 aromatic rings. The Labute approximate surface area is 111 Å². The second-order valence-corrected chi connectivity index (χ2v) is 5.00. The van der Waals surface area contributed by atoms with Crippen molar-refractivity contribution >= 4 is 21.8 Å². The summed E-state index contributed by atoms with van der Waals surface area (Å²) in [6.45, 7) is 1.32. The molecule has 0 saturated heterocycles. The van der Waals surface area contributed by atoms with Crippen molar-refractivity contribution in [1.29, 1.82) is 0 Å². The standard InChI is InChI=1S/C13H19BrN2O/c1-16(13(17)6-3-8-15)9-7-11-4-2-5-12(14)10-11/h2,4-5,10H,3,6-9,15H2,1H3. The molecule has 4 heteroatoms. The summed E-state index contributed by atoms with van der Waals surface area (Å²) in [5, 5.41) is 0. The molecule has 2 N–H and O–H groups in total. The Morgan fingerprint density at radius 2 is 2.24 bits per heavy atom. The number of hydrogen-bond acceptors (Lipinski definition) is 2. The van der Waals surface area contributed by atoms with Crippen LogP contribution in [0.2, 0.25) is 0 Å². The molecule has 0 radical (unpaired) electrons. The number of carbonyl (C=O) groups excluding carboxylic acids is 1. The van der Waals surface area contributed by atoms with E-state index in [0.29, 0.717) is 13.0 Å². The van der Waals surface area contributed by atoms with Crippen molar-refractivity contribution in [3.63, 3.8) is 0 Å². The van der Waals surface area contributed by atoms with Crippen LogP contribution in [0.3, 0.4) is 0 Å². The van der Waals surface area contributed by atoms with Crippen molar-refractivity contribution in [3.8, 4) is 0 Å². The first-order valence-electron chi connectivity index (χ1n) is 5.82. The monoisotopic (exact) mass is 298 g/mol. The lowest BCUT2D eigenvalue weighted by molar-refractivity contribution is -0.129. The number of likely N-dealkylation sites (N-methyl/N-ethyl adjacent to an activating group) is 1. The Morgan fingerprint density at radius 3 is 2.88 bits per heavy atom. The van der Waals surface area contributed by atoms with Crippen LogP contribution in [-0.2, 0) is 11.2 Å². The van der Waals surface area contributed by atoms with Crippen LogP contribution < -0.4 is 5.73 Å². The molecule has 0 fully saturated rings. The second-order valence-electron chi connectivity index (χ2n) is 4.09. The van der Waals surface area contributed by atoms with E-state index in [1.807, 2.05) is 19.2 Å². The fourth-order valence-electron chi connectivity index (χ4n) is 1.56. The number of hydrogen-bond donors (Lipinski definition) is 1. The highest BCUT2D eigenvalue weighted by Gasteiger charge is 2.07. The third kappa shape index (κ3) is 5.33. The molecule has 94 valence electrons. The quantitative estimate of drug-likeness (QED) is 0.875. The van der Waals surface area contributed by atoms with Gasteiger partial charge < -0.3 is 10.6 Å². The number of nitrogens with two attached hydrogens (primary N) is 1. The molecular weight excluding hydrogens is 280 g/mol. The topological polar surface area (TPSA) is 46.3 Å². The summed E-state index contributed by atoms with van der Waals surface area (Å²) in [5.41, 5.74) is 6.62. The van der Waals surface area contributed by atoms with Crippen LogP contribution in [0.25, 0.3) is 0 Å². The summed E-state index contributed by atoms with van der Waals surface area (Å²) < 4.78 is 1.08. The lowest BCUT2D eigenvalue weighted by Gasteiger charge is -2.17. The highest BCUT2D eigenvalue weighted by atomic mass is 79.9. The lowest BCUT2D eigenvalue weighted by atomic mass is 10.1. The fraction of sp³-hybridized carbons (Fsp3) is 0.462. The van der Waals surface area contributed by atoms with Crippen LogP contribution in [0.5, 0.6) is 0 Å². The van der Waals surface area contributed by atoms with Gasteiger partial charge in [-0.2, -0.15) is 0 Å². The van der Waals surface area contributed by atoms with E-state index in [1.165, 1.54) is 5.56 Å². The molecule has 0 aromatic heterocycles. The van der Waals surface area contributed by atoms with E-state index < -0.39 is 0 Å². The van der Waals surface area contributed by atoms with Crippen LogP contribution in [0, 0.1) is 0 Å². The van der Waals surface area contributed by atoms with Gasteiger partial charge in [-0.1, -0.05) is 28.1 Å². The predicted octanol–water partition coefficient (Wildman–Crippen LogP) is 2.19. The summed E-state index contributed by atoms with van der Waals surface area (Å²) >= 11 is 3.44. The lowest BCUT2D eigenvalue weighted by Crippen LogP contribution is -2.29. The molecule has 0 unspecified atom stereocenters. The molecule has 17 heavy (non-hydrogen) atoms. The molecule has 0 aliphatic heterocycles. The molecule has 0 aliphatic carbocycles. The Balaban J connectivity index is 2.37. The minimum absolute atomic E-state index is 0.172. The van der Waals surface area contributed by atoms with Crippen LogP contribution in [0.1, 0.15) is 18.4 Å². The largest absolute Gasteiger partial charge is 0.345 e. The van der Waals surface area contributed by atoms with Gasteiger partial charge in [0.05, 0.1) is 0 Å². The van der Waals surface area contributed by atoms with Crippen molar-refractivity contribution in [1.82, 2.24) is 4.90 Å². The first kappa shape index (κ1) is 14.2. The van der Waals surface area contributed by atoms with Gasteiger partial charge in [-0.05, 0) is 37.1 Å². The molecule has 0 atom stereocenters. The highest BCUT2D eigenvalue weighted by molar-refractivity contribution is 9.10. The van der Waals surface area contributed by atoms with Gasteiger partial charge in [0, 0.05) is 24.5 Å². The Bertz CT molecular complexity index is 368. The van der Waals surface area contributed by atoms with Gasteiger partial charge in [-0.25, -0.2) is 0 Å². The number of amides is 1. The molecular formula is C13H19BrN2O. The summed E-state index contributed by atoms with van der Waals surface area (Å²) in [6.07, 6.45) is 2.19. The van der Waals surface area contributed by atoms with Crippen LogP contribution >= 0.6 is 15.9 Å². The molecule has 1 rings (SSSR count). The van der Waals surface area contributed by atoms with E-state index in [4.69, 9.17) is 5.73 Å². The van der Waals surface area contributed by atoms with Gasteiger partial charge in [-0.3, -0.25) is 4.79 Å². The predicted molar refractivity (Wildman–Crippen MR) is 73.8 cm³/mol. The second kappa shape index (κ2) is 7.45. The zero-order valence-corrected chi connectivity index (χ0v) is 11.7. The number of benzene rings is 1. The van der Waals surface area contributed by atoms with Crippen molar-refractivity contribution in [2.24, 2.45) is 5.73 Å². The van der Waals surface area contributed by atoms with Gasteiger partial charge in [0.25, 0.3) is 0 Å². The average molecular weight is 299 g/mol. The third-order valence-electron chi connectivity index (χ3n) is 2.65. The maximum Gasteiger partial charge on any atom is 0.222 e. The minimum Gasteiger partial charge on any atom is -0.345 e. The zero-order chi connectivity index (χ0) is 12.7. The minimum atomic E-state index is 0.172. The van der Waals surface area contributed by atoms with E-state index in [1.54, 1.807) is 4.90 Å². The SMILES string of the molecule is CN(CCc1cccc(Br)c1)C(=O)CCCN. The zero-order valence-electron chi connectivity index (χ0n) is 10.2. The smallest absolute Gasteiger partial charge is 0.222 e. The van der Waals surface area contributed by atoms with E-state index in [-0.39, 0.29) is 5.91 Å². The Hall–Kier alpha value is -0.870. The molecule has 1 aromatic carbocycles. The van der Waals surface area contributed by atoms with Crippen molar-refractivity contribution in [2.45, 2.75) is 19.3 Å². The van der Waals surface area contributed by atoms with Gasteiger partial charge in [0.15, 0.2) is 0 Å². The van der Waals surface area contributed by atoms with Crippen molar-refractivity contribution < 1.29 is 4.79 Å². The van der Waals surface area contributed by atoms with Crippen LogP contribution in [0.4, 0.5) is 0 Å². The molecule has 0 aliphatic rings. The van der Waals surface area contributed by atoms with Crippen molar-refractivity contribution in [3.05, 3.63) is 34.3 Å². The number of carbonyl (C=O) groups is 1. The normalized spacial score (nSPS) is 10.3. The number of nitrogens with zero attached hydrogens (tertiary/aromatic N) is 1. The molecule has 0 bridgehead atoms. The number of rotatable bonds is 6. The van der Waals surface area contributed by atoms with Crippen molar-refractivity contribution in [2.75, 3.05) is 20.1 Å². The molecule has 0 spiro atoms. The first-order valence-corrected chi connectivity index (χ1v) is 6.61. The van der Waals surface area contributed by atoms with Gasteiger partial charge in [-0.15, -0.1) is 0 Å². The summed E-state index contributed by atoms with van der Waals surface area (Å²) in [5.74, 6) is 0.172. The number of halogens is 1. The molecule has 3 nitrogen and oxygen atoms in total. The van der Waals surface area contributed by atoms with E-state index >= 15 is 0 Å². The third-order valence-corrected chi connectivity index (χ3v) is 3.14. The van der Waals surface area contributed by atoms with E-state index in [2.05, 4.69) is 28.1 Å². The van der Waals surface area contributed by atoms with Gasteiger partial charge in [0.2, 0.25) is 5.91 Å². The van der Waals surface area contributed by atoms with E-state index in [0.717, 1.165) is 23.9 Å². The Kier molecular flexibility index (Phi) is 6.22. The first-order chi connectivity index (χ1) is 8.13. The maximum atomic E-state index is 11.7. The fourth-order valence-corrected chi connectivity index (χ4v) is 2.00. The Morgan fingerprint density at radius 1 is 1.47 bits per heavy atom. The molecule has 0 heterocycles.